The standard InChI is InChI=1S/C19H22F3N3O3/c1-11(2)23-17(26)15-10-28-16(24-15)9-25(12(3)4)18(27)13-6-5-7-14(8-13)19(20,21)22/h5-8,10-12H,9H2,1-4H3,(H,23,26). The fourth-order valence-electron chi connectivity index (χ4n) is 2.45. The molecule has 28 heavy (non-hydrogen) atoms. The minimum absolute atomic E-state index is 0.0684. The van der Waals surface area contributed by atoms with Crippen molar-refractivity contribution in [1.82, 2.24) is 15.2 Å². The Kier molecular flexibility index (Phi) is 6.48. The van der Waals surface area contributed by atoms with Crippen LogP contribution < -0.4 is 5.32 Å². The molecule has 2 aromatic rings. The van der Waals surface area contributed by atoms with Crippen LogP contribution in [-0.2, 0) is 12.7 Å². The topological polar surface area (TPSA) is 75.4 Å². The highest BCUT2D eigenvalue weighted by Crippen LogP contribution is 2.30. The molecule has 2 rings (SSSR count). The Hall–Kier alpha value is -2.84. The Morgan fingerprint density at radius 1 is 1.21 bits per heavy atom. The van der Waals surface area contributed by atoms with E-state index in [1.165, 1.54) is 23.3 Å². The van der Waals surface area contributed by atoms with Gasteiger partial charge in [-0.25, -0.2) is 4.98 Å². The van der Waals surface area contributed by atoms with Crippen molar-refractivity contribution in [3.8, 4) is 0 Å². The van der Waals surface area contributed by atoms with Crippen molar-refractivity contribution < 1.29 is 27.2 Å². The molecule has 0 aliphatic carbocycles. The maximum Gasteiger partial charge on any atom is 0.416 e. The lowest BCUT2D eigenvalue weighted by molar-refractivity contribution is -0.137. The highest BCUT2D eigenvalue weighted by molar-refractivity contribution is 5.94. The monoisotopic (exact) mass is 397 g/mol. The molecule has 9 heteroatoms. The number of oxazole rings is 1. The molecule has 1 heterocycles. The quantitative estimate of drug-likeness (QED) is 0.803. The Labute approximate surface area is 160 Å². The molecule has 0 saturated heterocycles. The van der Waals surface area contributed by atoms with Gasteiger partial charge in [0.2, 0.25) is 5.89 Å². The molecule has 6 nitrogen and oxygen atoms in total. The summed E-state index contributed by atoms with van der Waals surface area (Å²) in [5.41, 5.74) is -0.919. The van der Waals surface area contributed by atoms with Gasteiger partial charge in [-0.1, -0.05) is 6.07 Å². The Balaban J connectivity index is 2.21. The second-order valence-corrected chi connectivity index (χ2v) is 6.86. The van der Waals surface area contributed by atoms with Crippen LogP contribution in [0.4, 0.5) is 13.2 Å². The van der Waals surface area contributed by atoms with Gasteiger partial charge in [0, 0.05) is 17.6 Å². The Morgan fingerprint density at radius 3 is 2.46 bits per heavy atom. The number of hydrogen-bond donors (Lipinski definition) is 1. The van der Waals surface area contributed by atoms with E-state index in [1.807, 2.05) is 0 Å². The number of carbonyl (C=O) groups excluding carboxylic acids is 2. The van der Waals surface area contributed by atoms with Crippen molar-refractivity contribution in [1.29, 1.82) is 0 Å². The number of carbonyl (C=O) groups is 2. The minimum Gasteiger partial charge on any atom is -0.446 e. The summed E-state index contributed by atoms with van der Waals surface area (Å²) in [7, 11) is 0. The van der Waals surface area contributed by atoms with Gasteiger partial charge < -0.3 is 14.6 Å². The van der Waals surface area contributed by atoms with E-state index in [0.29, 0.717) is 0 Å². The molecule has 0 unspecified atom stereocenters. The number of nitrogens with one attached hydrogen (secondary N) is 1. The lowest BCUT2D eigenvalue weighted by Crippen LogP contribution is -2.36. The molecule has 1 N–H and O–H groups in total. The van der Waals surface area contributed by atoms with E-state index in [-0.39, 0.29) is 35.8 Å². The average Bonchev–Trinajstić information content (AvgIpc) is 3.06. The molecule has 0 aliphatic heterocycles. The fraction of sp³-hybridized carbons (Fsp3) is 0.421. The molecular weight excluding hydrogens is 375 g/mol. The lowest BCUT2D eigenvalue weighted by Gasteiger charge is -2.25. The van der Waals surface area contributed by atoms with Crippen LogP contribution in [0.15, 0.2) is 34.9 Å². The molecule has 0 radical (unpaired) electrons. The molecule has 0 bridgehead atoms. The van der Waals surface area contributed by atoms with Gasteiger partial charge in [0.25, 0.3) is 11.8 Å². The maximum absolute atomic E-state index is 12.9. The van der Waals surface area contributed by atoms with Crippen LogP contribution in [0.2, 0.25) is 0 Å². The molecular formula is C19H22F3N3O3. The van der Waals surface area contributed by atoms with E-state index in [2.05, 4.69) is 10.3 Å². The highest BCUT2D eigenvalue weighted by Gasteiger charge is 2.31. The summed E-state index contributed by atoms with van der Waals surface area (Å²) in [5, 5.41) is 2.67. The number of nitrogens with zero attached hydrogens (tertiary/aromatic N) is 2. The SMILES string of the molecule is CC(C)NC(=O)c1coc(CN(C(=O)c2cccc(C(F)(F)F)c2)C(C)C)n1. The summed E-state index contributed by atoms with van der Waals surface area (Å²) in [4.78, 5) is 30.1. The first kappa shape index (κ1) is 21.5. The molecule has 0 saturated carbocycles. The third kappa shape index (κ3) is 5.34. The van der Waals surface area contributed by atoms with Crippen LogP contribution in [0.3, 0.4) is 0 Å². The van der Waals surface area contributed by atoms with Crippen LogP contribution in [0, 0.1) is 0 Å². The van der Waals surface area contributed by atoms with E-state index >= 15 is 0 Å². The lowest BCUT2D eigenvalue weighted by atomic mass is 10.1. The largest absolute Gasteiger partial charge is 0.446 e. The second kappa shape index (κ2) is 8.45. The molecule has 0 aliphatic rings. The molecule has 0 fully saturated rings. The number of benzene rings is 1. The molecule has 2 amide bonds. The van der Waals surface area contributed by atoms with E-state index in [4.69, 9.17) is 4.42 Å². The number of halogens is 3. The maximum atomic E-state index is 12.9. The zero-order valence-electron chi connectivity index (χ0n) is 16.0. The zero-order chi connectivity index (χ0) is 21.1. The van der Waals surface area contributed by atoms with Gasteiger partial charge >= 0.3 is 6.18 Å². The molecule has 0 atom stereocenters. The van der Waals surface area contributed by atoms with Crippen molar-refractivity contribution >= 4 is 11.8 Å². The van der Waals surface area contributed by atoms with Crippen LogP contribution in [0.1, 0.15) is 60.0 Å². The van der Waals surface area contributed by atoms with E-state index in [9.17, 15) is 22.8 Å². The third-order valence-electron chi connectivity index (χ3n) is 3.83. The van der Waals surface area contributed by atoms with Gasteiger partial charge in [-0.3, -0.25) is 9.59 Å². The summed E-state index contributed by atoms with van der Waals surface area (Å²) < 4.78 is 44.0. The second-order valence-electron chi connectivity index (χ2n) is 6.86. The number of alkyl halides is 3. The summed E-state index contributed by atoms with van der Waals surface area (Å²) in [6.45, 7) is 6.96. The molecule has 152 valence electrons. The average molecular weight is 397 g/mol. The smallest absolute Gasteiger partial charge is 0.416 e. The van der Waals surface area contributed by atoms with Crippen LogP contribution in [0.25, 0.3) is 0 Å². The third-order valence-corrected chi connectivity index (χ3v) is 3.83. The van der Waals surface area contributed by atoms with E-state index < -0.39 is 23.6 Å². The first-order valence-electron chi connectivity index (χ1n) is 8.72. The summed E-state index contributed by atoms with van der Waals surface area (Å²) in [6, 6.07) is 3.82. The molecule has 1 aromatic carbocycles. The predicted octanol–water partition coefficient (Wildman–Crippen LogP) is 3.88. The van der Waals surface area contributed by atoms with E-state index in [0.717, 1.165) is 12.1 Å². The normalized spacial score (nSPS) is 11.8. The van der Waals surface area contributed by atoms with Crippen molar-refractivity contribution in [3.05, 3.63) is 53.2 Å². The Bertz CT molecular complexity index is 844. The first-order valence-corrected chi connectivity index (χ1v) is 8.72. The van der Waals surface area contributed by atoms with Crippen LogP contribution >= 0.6 is 0 Å². The molecule has 1 aromatic heterocycles. The Morgan fingerprint density at radius 2 is 1.89 bits per heavy atom. The first-order chi connectivity index (χ1) is 13.0. The van der Waals surface area contributed by atoms with Gasteiger partial charge in [0.05, 0.1) is 12.1 Å². The highest BCUT2D eigenvalue weighted by atomic mass is 19.4. The van der Waals surface area contributed by atoms with Gasteiger partial charge in [-0.15, -0.1) is 0 Å². The van der Waals surface area contributed by atoms with Gasteiger partial charge in [0.1, 0.15) is 6.26 Å². The number of aromatic nitrogens is 1. The molecule has 0 spiro atoms. The summed E-state index contributed by atoms with van der Waals surface area (Å²) >= 11 is 0. The minimum atomic E-state index is -4.54. The number of hydrogen-bond acceptors (Lipinski definition) is 4. The van der Waals surface area contributed by atoms with Crippen molar-refractivity contribution in [3.63, 3.8) is 0 Å². The van der Waals surface area contributed by atoms with Gasteiger partial charge in [-0.05, 0) is 45.9 Å². The predicted molar refractivity (Wildman–Crippen MR) is 95.6 cm³/mol. The van der Waals surface area contributed by atoms with Gasteiger partial charge in [-0.2, -0.15) is 13.2 Å². The number of rotatable bonds is 6. The van der Waals surface area contributed by atoms with Crippen LogP contribution in [-0.4, -0.2) is 33.8 Å². The summed E-state index contributed by atoms with van der Waals surface area (Å²) in [5.74, 6) is -0.888. The van der Waals surface area contributed by atoms with Gasteiger partial charge in [0.15, 0.2) is 5.69 Å². The van der Waals surface area contributed by atoms with Crippen molar-refractivity contribution in [2.75, 3.05) is 0 Å². The van der Waals surface area contributed by atoms with Crippen molar-refractivity contribution in [2.24, 2.45) is 0 Å². The zero-order valence-corrected chi connectivity index (χ0v) is 16.0. The van der Waals surface area contributed by atoms with Crippen molar-refractivity contribution in [2.45, 2.75) is 52.5 Å². The fourth-order valence-corrected chi connectivity index (χ4v) is 2.45. The summed E-state index contributed by atoms with van der Waals surface area (Å²) in [6.07, 6.45) is -3.36. The van der Waals surface area contributed by atoms with Crippen LogP contribution in [0.5, 0.6) is 0 Å². The van der Waals surface area contributed by atoms with E-state index in [1.54, 1.807) is 27.7 Å². The number of amides is 2.